The first-order chi connectivity index (χ1) is 8.87. The van der Waals surface area contributed by atoms with Crippen LogP contribution in [-0.4, -0.2) is 50.3 Å². The summed E-state index contributed by atoms with van der Waals surface area (Å²) < 4.78 is 27.1. The lowest BCUT2D eigenvalue weighted by Crippen LogP contribution is -2.52. The van der Waals surface area contributed by atoms with Gasteiger partial charge in [0.25, 0.3) is 0 Å². The summed E-state index contributed by atoms with van der Waals surface area (Å²) in [5.74, 6) is 0. The van der Waals surface area contributed by atoms with Crippen molar-refractivity contribution in [3.8, 4) is 0 Å². The molecule has 2 heterocycles. The maximum absolute atomic E-state index is 12.8. The predicted molar refractivity (Wildman–Crippen MR) is 77.8 cm³/mol. The predicted octanol–water partition coefficient (Wildman–Crippen LogP) is 0.840. The summed E-state index contributed by atoms with van der Waals surface area (Å²) in [6, 6.07) is 0.240. The summed E-state index contributed by atoms with van der Waals surface area (Å²) >= 11 is 1.43. The molecule has 2 N–H and O–H groups in total. The Hall–Kier alpha value is -0.470. The minimum absolute atomic E-state index is 0.240. The number of piperazine rings is 1. The highest BCUT2D eigenvalue weighted by molar-refractivity contribution is 7.89. The van der Waals surface area contributed by atoms with E-state index >= 15 is 0 Å². The van der Waals surface area contributed by atoms with E-state index < -0.39 is 10.0 Å². The Morgan fingerprint density at radius 1 is 1.47 bits per heavy atom. The van der Waals surface area contributed by atoms with Crippen molar-refractivity contribution in [2.45, 2.75) is 31.3 Å². The van der Waals surface area contributed by atoms with E-state index in [0.29, 0.717) is 18.0 Å². The van der Waals surface area contributed by atoms with Crippen LogP contribution in [0.1, 0.15) is 17.4 Å². The van der Waals surface area contributed by atoms with Gasteiger partial charge >= 0.3 is 0 Å². The molecule has 0 amide bonds. The van der Waals surface area contributed by atoms with E-state index in [0.717, 1.165) is 17.0 Å². The van der Waals surface area contributed by atoms with Gasteiger partial charge in [-0.15, -0.1) is 11.3 Å². The van der Waals surface area contributed by atoms with Crippen LogP contribution >= 0.6 is 11.3 Å². The Kier molecular flexibility index (Phi) is 4.32. The maximum Gasteiger partial charge on any atom is 0.244 e. The Bertz CT molecular complexity index is 553. The number of thiophene rings is 1. The molecule has 1 aliphatic heterocycles. The minimum Gasteiger partial charge on any atom is -0.326 e. The van der Waals surface area contributed by atoms with Crippen molar-refractivity contribution in [1.82, 2.24) is 9.21 Å². The fraction of sp³-hybridized carbons (Fsp3) is 0.667. The SMILES string of the molecule is Cc1csc(CN)c1S(=O)(=O)N1CCN(C)C(C)C1. The third kappa shape index (κ3) is 2.71. The first-order valence-electron chi connectivity index (χ1n) is 6.35. The van der Waals surface area contributed by atoms with Gasteiger partial charge in [-0.1, -0.05) is 0 Å². The lowest BCUT2D eigenvalue weighted by atomic mass is 10.2. The van der Waals surface area contributed by atoms with Crippen LogP contribution in [0.3, 0.4) is 0 Å². The number of hydrogen-bond acceptors (Lipinski definition) is 5. The molecule has 1 aliphatic rings. The van der Waals surface area contributed by atoms with Gasteiger partial charge in [-0.05, 0) is 31.8 Å². The third-order valence-electron chi connectivity index (χ3n) is 3.70. The first-order valence-corrected chi connectivity index (χ1v) is 8.67. The molecular weight excluding hydrogens is 282 g/mol. The van der Waals surface area contributed by atoms with Crippen LogP contribution in [0.25, 0.3) is 0 Å². The van der Waals surface area contributed by atoms with Crippen LogP contribution in [0, 0.1) is 6.92 Å². The monoisotopic (exact) mass is 303 g/mol. The molecule has 0 aromatic carbocycles. The molecule has 108 valence electrons. The highest BCUT2D eigenvalue weighted by Crippen LogP contribution is 2.30. The van der Waals surface area contributed by atoms with Gasteiger partial charge in [0, 0.05) is 37.1 Å². The van der Waals surface area contributed by atoms with Crippen molar-refractivity contribution in [2.75, 3.05) is 26.7 Å². The molecule has 1 atom stereocenters. The minimum atomic E-state index is -3.41. The van der Waals surface area contributed by atoms with E-state index in [1.807, 2.05) is 26.3 Å². The average molecular weight is 303 g/mol. The lowest BCUT2D eigenvalue weighted by Gasteiger charge is -2.37. The number of aryl methyl sites for hydroxylation is 1. The van der Waals surface area contributed by atoms with Crippen molar-refractivity contribution in [2.24, 2.45) is 5.73 Å². The second kappa shape index (κ2) is 5.49. The maximum atomic E-state index is 12.8. The molecule has 0 aliphatic carbocycles. The van der Waals surface area contributed by atoms with Gasteiger partial charge in [0.2, 0.25) is 10.0 Å². The van der Waals surface area contributed by atoms with E-state index in [1.165, 1.54) is 11.3 Å². The molecule has 0 bridgehead atoms. The normalized spacial score (nSPS) is 22.8. The number of likely N-dealkylation sites (N-methyl/N-ethyl adjacent to an activating group) is 1. The van der Waals surface area contributed by atoms with Crippen LogP contribution in [0.2, 0.25) is 0 Å². The number of hydrogen-bond donors (Lipinski definition) is 1. The molecule has 7 heteroatoms. The molecule has 1 aromatic heterocycles. The summed E-state index contributed by atoms with van der Waals surface area (Å²) in [4.78, 5) is 3.36. The molecule has 1 unspecified atom stereocenters. The molecule has 1 aromatic rings. The topological polar surface area (TPSA) is 66.6 Å². The Labute approximate surface area is 119 Å². The van der Waals surface area contributed by atoms with Gasteiger partial charge in [0.05, 0.1) is 0 Å². The van der Waals surface area contributed by atoms with Crippen LogP contribution in [0.4, 0.5) is 0 Å². The lowest BCUT2D eigenvalue weighted by molar-refractivity contribution is 0.159. The molecule has 0 radical (unpaired) electrons. The van der Waals surface area contributed by atoms with E-state index in [2.05, 4.69) is 4.90 Å². The summed E-state index contributed by atoms with van der Waals surface area (Å²) in [6.07, 6.45) is 0. The first kappa shape index (κ1) is 14.9. The number of sulfonamides is 1. The van der Waals surface area contributed by atoms with Gasteiger partial charge in [0.1, 0.15) is 4.90 Å². The van der Waals surface area contributed by atoms with Gasteiger partial charge in [-0.25, -0.2) is 8.42 Å². The van der Waals surface area contributed by atoms with Crippen molar-refractivity contribution in [3.63, 3.8) is 0 Å². The fourth-order valence-corrected chi connectivity index (χ4v) is 5.50. The molecule has 2 rings (SSSR count). The zero-order valence-corrected chi connectivity index (χ0v) is 13.2. The van der Waals surface area contributed by atoms with E-state index in [-0.39, 0.29) is 12.6 Å². The number of nitrogens with zero attached hydrogens (tertiary/aromatic N) is 2. The Morgan fingerprint density at radius 3 is 2.74 bits per heavy atom. The number of rotatable bonds is 3. The zero-order chi connectivity index (χ0) is 14.2. The second-order valence-electron chi connectivity index (χ2n) is 5.07. The average Bonchev–Trinajstić information content (AvgIpc) is 2.74. The smallest absolute Gasteiger partial charge is 0.244 e. The quantitative estimate of drug-likeness (QED) is 0.898. The molecule has 0 saturated carbocycles. The molecule has 1 saturated heterocycles. The highest BCUT2D eigenvalue weighted by atomic mass is 32.2. The summed E-state index contributed by atoms with van der Waals surface area (Å²) in [7, 11) is -1.39. The van der Waals surface area contributed by atoms with Gasteiger partial charge in [-0.2, -0.15) is 4.31 Å². The van der Waals surface area contributed by atoms with Crippen LogP contribution in [-0.2, 0) is 16.6 Å². The van der Waals surface area contributed by atoms with Crippen LogP contribution < -0.4 is 5.73 Å². The van der Waals surface area contributed by atoms with Crippen molar-refractivity contribution in [1.29, 1.82) is 0 Å². The zero-order valence-electron chi connectivity index (χ0n) is 11.6. The van der Waals surface area contributed by atoms with Gasteiger partial charge in [0.15, 0.2) is 0 Å². The highest BCUT2D eigenvalue weighted by Gasteiger charge is 2.33. The molecule has 1 fully saturated rings. The Balaban J connectivity index is 2.35. The van der Waals surface area contributed by atoms with Crippen LogP contribution in [0.15, 0.2) is 10.3 Å². The number of nitrogens with two attached hydrogens (primary N) is 1. The molecule has 5 nitrogen and oxygen atoms in total. The standard InChI is InChI=1S/C12H21N3O2S2/c1-9-8-18-11(6-13)12(9)19(16,17)15-5-4-14(3)10(2)7-15/h8,10H,4-7,13H2,1-3H3. The molecule has 19 heavy (non-hydrogen) atoms. The summed E-state index contributed by atoms with van der Waals surface area (Å²) in [5.41, 5.74) is 6.46. The van der Waals surface area contributed by atoms with Crippen molar-refractivity contribution in [3.05, 3.63) is 15.8 Å². The van der Waals surface area contributed by atoms with Crippen molar-refractivity contribution >= 4 is 21.4 Å². The Morgan fingerprint density at radius 2 is 2.16 bits per heavy atom. The van der Waals surface area contributed by atoms with Gasteiger partial charge in [-0.3, -0.25) is 0 Å². The van der Waals surface area contributed by atoms with E-state index in [1.54, 1.807) is 4.31 Å². The van der Waals surface area contributed by atoms with E-state index in [4.69, 9.17) is 5.73 Å². The molecular formula is C12H21N3O2S2. The van der Waals surface area contributed by atoms with Crippen LogP contribution in [0.5, 0.6) is 0 Å². The third-order valence-corrected chi connectivity index (χ3v) is 7.05. The second-order valence-corrected chi connectivity index (χ2v) is 7.91. The fourth-order valence-electron chi connectivity index (χ4n) is 2.34. The van der Waals surface area contributed by atoms with Gasteiger partial charge < -0.3 is 10.6 Å². The summed E-state index contributed by atoms with van der Waals surface area (Å²) in [6.45, 7) is 6.01. The summed E-state index contributed by atoms with van der Waals surface area (Å²) in [5, 5.41) is 1.87. The van der Waals surface area contributed by atoms with E-state index in [9.17, 15) is 8.42 Å². The molecule has 0 spiro atoms. The largest absolute Gasteiger partial charge is 0.326 e. The van der Waals surface area contributed by atoms with Crippen molar-refractivity contribution < 1.29 is 8.42 Å².